The molecule has 0 unspecified atom stereocenters. The highest BCUT2D eigenvalue weighted by molar-refractivity contribution is 5.53. The highest BCUT2D eigenvalue weighted by Crippen LogP contribution is 2.33. The summed E-state index contributed by atoms with van der Waals surface area (Å²) in [5.74, 6) is -0.247. The molecule has 126 valence electrons. The summed E-state index contributed by atoms with van der Waals surface area (Å²) >= 11 is 0. The van der Waals surface area contributed by atoms with Gasteiger partial charge < -0.3 is 0 Å². The predicted octanol–water partition coefficient (Wildman–Crippen LogP) is 6.55. The summed E-state index contributed by atoms with van der Waals surface area (Å²) in [6.07, 6.45) is -0.460. The molecule has 0 saturated carbocycles. The number of halogens is 3. The summed E-state index contributed by atoms with van der Waals surface area (Å²) < 4.78 is 39.2. The number of hydrogen-bond donors (Lipinski definition) is 0. The first-order chi connectivity index (χ1) is 12.0. The number of allylic oxidation sites excluding steroid dienone is 1. The smallest absolute Gasteiger partial charge is 0.166 e. The lowest BCUT2D eigenvalue weighted by molar-refractivity contribution is -0.137. The molecule has 3 aromatic rings. The molecule has 0 heterocycles. The van der Waals surface area contributed by atoms with Crippen LogP contribution in [0.15, 0.2) is 91.0 Å². The van der Waals surface area contributed by atoms with Crippen LogP contribution in [0.25, 0.3) is 6.08 Å². The SMILES string of the molecule is FC(F)(F)c1cccc([C@H](/C=C/c2ccccc2)c2ccccc2)c1. The number of alkyl halides is 3. The van der Waals surface area contributed by atoms with Crippen molar-refractivity contribution >= 4 is 6.08 Å². The molecule has 3 rings (SSSR count). The lowest BCUT2D eigenvalue weighted by Crippen LogP contribution is -2.07. The normalized spacial score (nSPS) is 13.1. The Labute approximate surface area is 145 Å². The first-order valence-electron chi connectivity index (χ1n) is 7.99. The molecule has 1 atom stereocenters. The maximum absolute atomic E-state index is 13.1. The third kappa shape index (κ3) is 4.38. The van der Waals surface area contributed by atoms with Crippen molar-refractivity contribution in [3.05, 3.63) is 113 Å². The largest absolute Gasteiger partial charge is 0.416 e. The van der Waals surface area contributed by atoms with E-state index in [1.54, 1.807) is 6.07 Å². The maximum atomic E-state index is 13.1. The molecule has 0 bridgehead atoms. The van der Waals surface area contributed by atoms with Crippen molar-refractivity contribution in [1.29, 1.82) is 0 Å². The van der Waals surface area contributed by atoms with Gasteiger partial charge in [-0.15, -0.1) is 0 Å². The summed E-state index contributed by atoms with van der Waals surface area (Å²) in [6.45, 7) is 0. The molecule has 0 aliphatic rings. The van der Waals surface area contributed by atoms with Crippen LogP contribution in [0.1, 0.15) is 28.2 Å². The number of benzene rings is 3. The van der Waals surface area contributed by atoms with E-state index in [0.29, 0.717) is 5.56 Å². The van der Waals surface area contributed by atoms with Gasteiger partial charge in [0.15, 0.2) is 0 Å². The fourth-order valence-electron chi connectivity index (χ4n) is 2.75. The molecular weight excluding hydrogens is 321 g/mol. The second kappa shape index (κ2) is 7.39. The van der Waals surface area contributed by atoms with Crippen molar-refractivity contribution < 1.29 is 13.2 Å². The van der Waals surface area contributed by atoms with Crippen molar-refractivity contribution in [3.8, 4) is 0 Å². The van der Waals surface area contributed by atoms with Crippen LogP contribution < -0.4 is 0 Å². The average Bonchev–Trinajstić information content (AvgIpc) is 2.63. The van der Waals surface area contributed by atoms with Gasteiger partial charge in [0, 0.05) is 5.92 Å². The summed E-state index contributed by atoms with van der Waals surface area (Å²) in [5, 5.41) is 0. The quantitative estimate of drug-likeness (QED) is 0.506. The zero-order valence-corrected chi connectivity index (χ0v) is 13.4. The summed E-state index contributed by atoms with van der Waals surface area (Å²) in [7, 11) is 0. The minimum absolute atomic E-state index is 0.247. The first kappa shape index (κ1) is 17.0. The Kier molecular flexibility index (Phi) is 5.03. The van der Waals surface area contributed by atoms with Gasteiger partial charge in [-0.1, -0.05) is 91.0 Å². The van der Waals surface area contributed by atoms with Gasteiger partial charge in [0.2, 0.25) is 0 Å². The molecular formula is C22H17F3. The van der Waals surface area contributed by atoms with Gasteiger partial charge in [0.25, 0.3) is 0 Å². The summed E-state index contributed by atoms with van der Waals surface area (Å²) in [5.41, 5.74) is 1.96. The van der Waals surface area contributed by atoms with Gasteiger partial charge in [-0.2, -0.15) is 13.2 Å². The molecule has 0 N–H and O–H groups in total. The lowest BCUT2D eigenvalue weighted by Gasteiger charge is -2.16. The van der Waals surface area contributed by atoms with E-state index in [-0.39, 0.29) is 5.92 Å². The second-order valence-electron chi connectivity index (χ2n) is 5.78. The highest BCUT2D eigenvalue weighted by Gasteiger charge is 2.30. The molecule has 0 fully saturated rings. The van der Waals surface area contributed by atoms with E-state index in [2.05, 4.69) is 0 Å². The molecule has 0 nitrogen and oxygen atoms in total. The van der Waals surface area contributed by atoms with Gasteiger partial charge in [0.1, 0.15) is 0 Å². The van der Waals surface area contributed by atoms with Crippen LogP contribution in [-0.2, 0) is 6.18 Å². The predicted molar refractivity (Wildman–Crippen MR) is 95.2 cm³/mol. The molecule has 0 saturated heterocycles. The van der Waals surface area contributed by atoms with E-state index >= 15 is 0 Å². The van der Waals surface area contributed by atoms with Gasteiger partial charge in [-0.25, -0.2) is 0 Å². The summed E-state index contributed by atoms with van der Waals surface area (Å²) in [6, 6.07) is 24.8. The third-order valence-corrected chi connectivity index (χ3v) is 4.01. The zero-order chi connectivity index (χ0) is 17.7. The van der Waals surface area contributed by atoms with E-state index in [4.69, 9.17) is 0 Å². The van der Waals surface area contributed by atoms with Gasteiger partial charge in [0.05, 0.1) is 5.56 Å². The van der Waals surface area contributed by atoms with Crippen LogP contribution >= 0.6 is 0 Å². The van der Waals surface area contributed by atoms with E-state index in [1.165, 1.54) is 12.1 Å². The molecule has 25 heavy (non-hydrogen) atoms. The topological polar surface area (TPSA) is 0 Å². The summed E-state index contributed by atoms with van der Waals surface area (Å²) in [4.78, 5) is 0. The Bertz CT molecular complexity index is 834. The van der Waals surface area contributed by atoms with Crippen molar-refractivity contribution in [2.75, 3.05) is 0 Å². The van der Waals surface area contributed by atoms with Crippen molar-refractivity contribution in [3.63, 3.8) is 0 Å². The highest BCUT2D eigenvalue weighted by atomic mass is 19.4. The fourth-order valence-corrected chi connectivity index (χ4v) is 2.75. The molecule has 0 aliphatic carbocycles. The Morgan fingerprint density at radius 3 is 1.92 bits per heavy atom. The van der Waals surface area contributed by atoms with Crippen LogP contribution in [0, 0.1) is 0 Å². The van der Waals surface area contributed by atoms with Crippen molar-refractivity contribution in [1.82, 2.24) is 0 Å². The Morgan fingerprint density at radius 2 is 1.28 bits per heavy atom. The number of hydrogen-bond acceptors (Lipinski definition) is 0. The van der Waals surface area contributed by atoms with Gasteiger partial charge in [-0.3, -0.25) is 0 Å². The molecule has 0 aromatic heterocycles. The van der Waals surface area contributed by atoms with Crippen molar-refractivity contribution in [2.45, 2.75) is 12.1 Å². The molecule has 0 spiro atoms. The van der Waals surface area contributed by atoms with Crippen LogP contribution in [0.4, 0.5) is 13.2 Å². The van der Waals surface area contributed by atoms with Crippen LogP contribution in [-0.4, -0.2) is 0 Å². The zero-order valence-electron chi connectivity index (χ0n) is 13.4. The minimum Gasteiger partial charge on any atom is -0.166 e. The Balaban J connectivity index is 2.02. The molecule has 0 aliphatic heterocycles. The van der Waals surface area contributed by atoms with E-state index < -0.39 is 11.7 Å². The first-order valence-corrected chi connectivity index (χ1v) is 7.99. The molecule has 3 heteroatoms. The number of rotatable bonds is 4. The Hall–Kier alpha value is -2.81. The van der Waals surface area contributed by atoms with Gasteiger partial charge in [-0.05, 0) is 22.8 Å². The van der Waals surface area contributed by atoms with Crippen LogP contribution in [0.3, 0.4) is 0 Å². The standard InChI is InChI=1S/C22H17F3/c23-22(24,25)20-13-7-12-19(16-20)21(18-10-5-2-6-11-18)15-14-17-8-3-1-4-9-17/h1-16,21H/b15-14+/t21-/m1/s1. The molecule has 0 radical (unpaired) electrons. The minimum atomic E-state index is -4.35. The Morgan fingerprint density at radius 1 is 0.680 bits per heavy atom. The van der Waals surface area contributed by atoms with E-state index in [9.17, 15) is 13.2 Å². The lowest BCUT2D eigenvalue weighted by atomic mass is 9.89. The monoisotopic (exact) mass is 338 g/mol. The second-order valence-corrected chi connectivity index (χ2v) is 5.78. The van der Waals surface area contributed by atoms with Gasteiger partial charge >= 0.3 is 6.18 Å². The average molecular weight is 338 g/mol. The van der Waals surface area contributed by atoms with Crippen LogP contribution in [0.2, 0.25) is 0 Å². The van der Waals surface area contributed by atoms with E-state index in [0.717, 1.165) is 17.2 Å². The molecule has 0 amide bonds. The maximum Gasteiger partial charge on any atom is 0.416 e. The van der Waals surface area contributed by atoms with Crippen LogP contribution in [0.5, 0.6) is 0 Å². The van der Waals surface area contributed by atoms with E-state index in [1.807, 2.05) is 72.8 Å². The molecule has 3 aromatic carbocycles. The fraction of sp³-hybridized carbons (Fsp3) is 0.0909. The third-order valence-electron chi connectivity index (χ3n) is 4.01. The van der Waals surface area contributed by atoms with Crippen molar-refractivity contribution in [2.24, 2.45) is 0 Å².